The number of aromatic nitrogens is 2. The molecule has 106 valence electrons. The Morgan fingerprint density at radius 3 is 2.75 bits per heavy atom. The highest BCUT2D eigenvalue weighted by molar-refractivity contribution is 9.10. The quantitative estimate of drug-likeness (QED) is 0.776. The van der Waals surface area contributed by atoms with Crippen molar-refractivity contribution in [3.05, 3.63) is 34.6 Å². The molecule has 1 aromatic carbocycles. The van der Waals surface area contributed by atoms with Crippen molar-refractivity contribution < 1.29 is 4.39 Å². The van der Waals surface area contributed by atoms with Crippen LogP contribution in [0.25, 0.3) is 0 Å². The number of nitrogen functional groups attached to an aromatic ring is 1. The first-order chi connectivity index (χ1) is 9.58. The van der Waals surface area contributed by atoms with Crippen molar-refractivity contribution in [2.45, 2.75) is 13.3 Å². The fraction of sp³-hybridized carbons (Fsp3) is 0.231. The van der Waals surface area contributed by atoms with Crippen molar-refractivity contribution >= 4 is 39.2 Å². The maximum absolute atomic E-state index is 13.7. The van der Waals surface area contributed by atoms with Gasteiger partial charge in [-0.25, -0.2) is 4.39 Å². The monoisotopic (exact) mass is 339 g/mol. The van der Waals surface area contributed by atoms with E-state index >= 15 is 0 Å². The van der Waals surface area contributed by atoms with Gasteiger partial charge in [0.05, 0.1) is 5.69 Å². The second kappa shape index (κ2) is 6.51. The zero-order valence-corrected chi connectivity index (χ0v) is 12.5. The summed E-state index contributed by atoms with van der Waals surface area (Å²) in [7, 11) is 0. The molecule has 0 amide bonds. The molecule has 0 radical (unpaired) electrons. The molecule has 0 aliphatic carbocycles. The van der Waals surface area contributed by atoms with E-state index in [-0.39, 0.29) is 11.8 Å². The van der Waals surface area contributed by atoms with Gasteiger partial charge in [0.1, 0.15) is 17.5 Å². The summed E-state index contributed by atoms with van der Waals surface area (Å²) in [4.78, 5) is 8.11. The smallest absolute Gasteiger partial charge is 0.223 e. The van der Waals surface area contributed by atoms with Gasteiger partial charge in [-0.3, -0.25) is 0 Å². The predicted molar refractivity (Wildman–Crippen MR) is 82.6 cm³/mol. The molecule has 0 aliphatic heterocycles. The molecule has 0 bridgehead atoms. The predicted octanol–water partition coefficient (Wildman–Crippen LogP) is 3.53. The number of hydrogen-bond donors (Lipinski definition) is 3. The second-order valence-corrected chi connectivity index (χ2v) is 5.09. The molecule has 4 N–H and O–H groups in total. The van der Waals surface area contributed by atoms with Crippen LogP contribution < -0.4 is 16.4 Å². The summed E-state index contributed by atoms with van der Waals surface area (Å²) in [5.41, 5.74) is 5.97. The lowest BCUT2D eigenvalue weighted by atomic mass is 10.3. The Labute approximate surface area is 124 Å². The van der Waals surface area contributed by atoms with Crippen LogP contribution in [0.2, 0.25) is 0 Å². The molecule has 0 atom stereocenters. The molecule has 7 heteroatoms. The topological polar surface area (TPSA) is 75.9 Å². The Hall–Kier alpha value is -1.89. The number of benzene rings is 1. The second-order valence-electron chi connectivity index (χ2n) is 4.17. The van der Waals surface area contributed by atoms with Crippen LogP contribution in [0.15, 0.2) is 28.7 Å². The number of nitrogens with two attached hydrogens (primary N) is 1. The van der Waals surface area contributed by atoms with Crippen molar-refractivity contribution in [3.63, 3.8) is 0 Å². The number of nitrogens with zero attached hydrogens (tertiary/aromatic N) is 2. The molecular formula is C13H15BrFN5. The molecule has 2 rings (SSSR count). The number of hydrogen-bond acceptors (Lipinski definition) is 5. The standard InChI is InChI=1S/C13H15BrFN5/c1-2-5-17-11-7-12(20-13(16)19-11)18-10-6-8(14)3-4-9(10)15/h3-4,6-7H,2,5H2,1H3,(H4,16,17,18,19,20). The molecule has 1 aromatic heterocycles. The summed E-state index contributed by atoms with van der Waals surface area (Å²) in [6.45, 7) is 2.83. The normalized spacial score (nSPS) is 10.3. The first-order valence-electron chi connectivity index (χ1n) is 6.19. The van der Waals surface area contributed by atoms with Gasteiger partial charge in [0.25, 0.3) is 0 Å². The molecule has 0 aliphatic rings. The van der Waals surface area contributed by atoms with E-state index in [4.69, 9.17) is 5.73 Å². The van der Waals surface area contributed by atoms with Crippen LogP contribution in [0, 0.1) is 5.82 Å². The highest BCUT2D eigenvalue weighted by Gasteiger charge is 2.06. The Balaban J connectivity index is 2.24. The van der Waals surface area contributed by atoms with E-state index in [2.05, 4.69) is 36.5 Å². The molecule has 0 saturated heterocycles. The van der Waals surface area contributed by atoms with E-state index in [1.165, 1.54) is 6.07 Å². The lowest BCUT2D eigenvalue weighted by Crippen LogP contribution is -2.07. The van der Waals surface area contributed by atoms with Crippen molar-refractivity contribution in [3.8, 4) is 0 Å². The van der Waals surface area contributed by atoms with Gasteiger partial charge in [0.2, 0.25) is 5.95 Å². The van der Waals surface area contributed by atoms with Crippen LogP contribution in [-0.2, 0) is 0 Å². The highest BCUT2D eigenvalue weighted by Crippen LogP contribution is 2.24. The number of anilines is 4. The SMILES string of the molecule is CCCNc1cc(Nc2cc(Br)ccc2F)nc(N)n1. The van der Waals surface area contributed by atoms with E-state index < -0.39 is 0 Å². The van der Waals surface area contributed by atoms with E-state index in [1.807, 2.05) is 6.92 Å². The molecule has 2 aromatic rings. The first kappa shape index (κ1) is 14.5. The molecule has 0 spiro atoms. The third-order valence-electron chi connectivity index (χ3n) is 2.49. The van der Waals surface area contributed by atoms with Crippen molar-refractivity contribution in [2.24, 2.45) is 0 Å². The van der Waals surface area contributed by atoms with E-state index in [9.17, 15) is 4.39 Å². The average molecular weight is 340 g/mol. The maximum atomic E-state index is 13.7. The summed E-state index contributed by atoms with van der Waals surface area (Å²) >= 11 is 3.30. The average Bonchev–Trinajstić information content (AvgIpc) is 2.40. The Kier molecular flexibility index (Phi) is 4.73. The molecule has 0 unspecified atom stereocenters. The fourth-order valence-electron chi connectivity index (χ4n) is 1.60. The molecule has 1 heterocycles. The summed E-state index contributed by atoms with van der Waals surface area (Å²) in [5, 5.41) is 6.01. The summed E-state index contributed by atoms with van der Waals surface area (Å²) < 4.78 is 14.5. The van der Waals surface area contributed by atoms with Crippen LogP contribution in [0.5, 0.6) is 0 Å². The maximum Gasteiger partial charge on any atom is 0.223 e. The summed E-state index contributed by atoms with van der Waals surface area (Å²) in [6, 6.07) is 6.31. The number of halogens is 2. The molecule has 0 saturated carbocycles. The highest BCUT2D eigenvalue weighted by atomic mass is 79.9. The van der Waals surface area contributed by atoms with Gasteiger partial charge in [-0.2, -0.15) is 9.97 Å². The molecule has 20 heavy (non-hydrogen) atoms. The van der Waals surface area contributed by atoms with E-state index in [1.54, 1.807) is 18.2 Å². The molecule has 5 nitrogen and oxygen atoms in total. The van der Waals surface area contributed by atoms with Gasteiger partial charge in [0, 0.05) is 17.1 Å². The van der Waals surface area contributed by atoms with Crippen molar-refractivity contribution in [2.75, 3.05) is 22.9 Å². The third kappa shape index (κ3) is 3.80. The van der Waals surface area contributed by atoms with Crippen LogP contribution in [0.1, 0.15) is 13.3 Å². The minimum atomic E-state index is -0.367. The van der Waals surface area contributed by atoms with Crippen LogP contribution in [0.4, 0.5) is 27.7 Å². The molecular weight excluding hydrogens is 325 g/mol. The van der Waals surface area contributed by atoms with E-state index in [0.717, 1.165) is 17.4 Å². The van der Waals surface area contributed by atoms with Gasteiger partial charge in [-0.1, -0.05) is 22.9 Å². The van der Waals surface area contributed by atoms with E-state index in [0.29, 0.717) is 17.3 Å². The number of rotatable bonds is 5. The zero-order valence-electron chi connectivity index (χ0n) is 11.0. The summed E-state index contributed by atoms with van der Waals surface area (Å²) in [5.74, 6) is 0.808. The zero-order chi connectivity index (χ0) is 14.5. The van der Waals surface area contributed by atoms with Crippen LogP contribution in [0.3, 0.4) is 0 Å². The van der Waals surface area contributed by atoms with Gasteiger partial charge in [-0.15, -0.1) is 0 Å². The van der Waals surface area contributed by atoms with Gasteiger partial charge in [-0.05, 0) is 24.6 Å². The molecule has 0 fully saturated rings. The van der Waals surface area contributed by atoms with Crippen LogP contribution >= 0.6 is 15.9 Å². The largest absolute Gasteiger partial charge is 0.370 e. The lowest BCUT2D eigenvalue weighted by molar-refractivity contribution is 0.631. The van der Waals surface area contributed by atoms with Crippen molar-refractivity contribution in [1.29, 1.82) is 0 Å². The van der Waals surface area contributed by atoms with Gasteiger partial charge < -0.3 is 16.4 Å². The Bertz CT molecular complexity index is 605. The number of nitrogens with one attached hydrogen (secondary N) is 2. The lowest BCUT2D eigenvalue weighted by Gasteiger charge is -2.10. The van der Waals surface area contributed by atoms with Crippen molar-refractivity contribution in [1.82, 2.24) is 9.97 Å². The fourth-order valence-corrected chi connectivity index (χ4v) is 1.97. The van der Waals surface area contributed by atoms with Crippen LogP contribution in [-0.4, -0.2) is 16.5 Å². The minimum absolute atomic E-state index is 0.129. The third-order valence-corrected chi connectivity index (χ3v) is 2.98. The Morgan fingerprint density at radius 1 is 1.25 bits per heavy atom. The van der Waals surface area contributed by atoms with Gasteiger partial charge >= 0.3 is 0 Å². The van der Waals surface area contributed by atoms with Gasteiger partial charge in [0.15, 0.2) is 0 Å². The Morgan fingerprint density at radius 2 is 2.00 bits per heavy atom. The summed E-state index contributed by atoms with van der Waals surface area (Å²) in [6.07, 6.45) is 0.965. The minimum Gasteiger partial charge on any atom is -0.370 e. The first-order valence-corrected chi connectivity index (χ1v) is 6.98.